The maximum absolute atomic E-state index is 12.1. The molecule has 2 rings (SSSR count). The number of hydrogen-bond donors (Lipinski definition) is 2. The van der Waals surface area contributed by atoms with Gasteiger partial charge in [-0.05, 0) is 26.7 Å². The van der Waals surface area contributed by atoms with Gasteiger partial charge < -0.3 is 42.5 Å². The SMILES string of the molecule is C=CC1CC1(C(=O)O)C(=O)OCC.C=CC1CC1(C(=O)OCC)C(=O)OCCP(=O)(OC)OC.COP(=O)(CCO)OC. The molecule has 17 heteroatoms. The molecule has 0 saturated heterocycles. The minimum absolute atomic E-state index is 0.0556. The van der Waals surface area contributed by atoms with Crippen LogP contribution in [0.15, 0.2) is 25.3 Å². The Morgan fingerprint density at radius 1 is 0.744 bits per heavy atom. The van der Waals surface area contributed by atoms with Gasteiger partial charge in [0.1, 0.15) is 6.61 Å². The van der Waals surface area contributed by atoms with Crippen molar-refractivity contribution in [2.45, 2.75) is 26.7 Å². The minimum atomic E-state index is -3.24. The number of esters is 3. The van der Waals surface area contributed by atoms with Crippen molar-refractivity contribution in [2.24, 2.45) is 22.7 Å². The molecule has 2 aliphatic carbocycles. The zero-order valence-electron chi connectivity index (χ0n) is 25.5. The summed E-state index contributed by atoms with van der Waals surface area (Å²) in [6.45, 7) is 10.4. The number of allylic oxidation sites excluding steroid dienone is 2. The molecule has 2 aliphatic rings. The molecular formula is C26H44O15P2. The van der Waals surface area contributed by atoms with Crippen LogP contribution in [0.5, 0.6) is 0 Å². The average Bonchev–Trinajstić information content (AvgIpc) is 3.91. The van der Waals surface area contributed by atoms with Crippen LogP contribution >= 0.6 is 15.2 Å². The van der Waals surface area contributed by atoms with Crippen LogP contribution < -0.4 is 0 Å². The van der Waals surface area contributed by atoms with Gasteiger partial charge in [-0.15, -0.1) is 13.2 Å². The second-order valence-electron chi connectivity index (χ2n) is 9.04. The summed E-state index contributed by atoms with van der Waals surface area (Å²) >= 11 is 0. The van der Waals surface area contributed by atoms with E-state index in [1.54, 1.807) is 13.8 Å². The molecule has 0 amide bonds. The van der Waals surface area contributed by atoms with Gasteiger partial charge in [-0.1, -0.05) is 12.2 Å². The van der Waals surface area contributed by atoms with Gasteiger partial charge >= 0.3 is 39.1 Å². The molecule has 15 nitrogen and oxygen atoms in total. The third kappa shape index (κ3) is 10.6. The van der Waals surface area contributed by atoms with Crippen molar-refractivity contribution in [2.75, 3.05) is 67.2 Å². The summed E-state index contributed by atoms with van der Waals surface area (Å²) in [6.07, 6.45) is 3.63. The van der Waals surface area contributed by atoms with Gasteiger partial charge in [-0.25, -0.2) is 0 Å². The van der Waals surface area contributed by atoms with Gasteiger partial charge in [0.2, 0.25) is 0 Å². The zero-order chi connectivity index (χ0) is 33.5. The van der Waals surface area contributed by atoms with Crippen LogP contribution in [0.2, 0.25) is 0 Å². The fraction of sp³-hybridized carbons (Fsp3) is 0.692. The van der Waals surface area contributed by atoms with Gasteiger partial charge in [0.25, 0.3) is 0 Å². The number of aliphatic hydroxyl groups excluding tert-OH is 1. The number of aliphatic hydroxyl groups is 1. The summed E-state index contributed by atoms with van der Waals surface area (Å²) in [6, 6.07) is 0. The second kappa shape index (κ2) is 18.4. The Hall–Kier alpha value is -2.38. The molecule has 2 saturated carbocycles. The number of rotatable bonds is 17. The Morgan fingerprint density at radius 2 is 1.12 bits per heavy atom. The van der Waals surface area contributed by atoms with E-state index < -0.39 is 49.9 Å². The van der Waals surface area contributed by atoms with E-state index in [9.17, 15) is 28.3 Å². The van der Waals surface area contributed by atoms with Gasteiger partial charge in [-0.3, -0.25) is 28.3 Å². The van der Waals surface area contributed by atoms with E-state index in [0.29, 0.717) is 12.8 Å². The quantitative estimate of drug-likeness (QED) is 0.0757. The molecule has 0 radical (unpaired) electrons. The monoisotopic (exact) mass is 658 g/mol. The molecule has 0 bridgehead atoms. The van der Waals surface area contributed by atoms with Crippen LogP contribution in [0.3, 0.4) is 0 Å². The van der Waals surface area contributed by atoms with Crippen LogP contribution in [0.25, 0.3) is 0 Å². The standard InChI is InChI=1S/C13H21O7P.C9H12O4.C4H11O4P/c1-5-10-9-13(10,11(14)19-6-2)12(15)20-7-8-21(16,17-3)18-4;1-3-6-5-9(6,7(10)11)8(12)13-4-2;1-7-9(6,8-2)4-3-5/h5,10H,1,6-9H2,2-4H3;3,6H,1,4-5H2,2H3,(H,10,11);5H,3-4H2,1-2H3. The predicted octanol–water partition coefficient (Wildman–Crippen LogP) is 3.06. The van der Waals surface area contributed by atoms with E-state index in [2.05, 4.69) is 22.2 Å². The van der Waals surface area contributed by atoms with E-state index in [4.69, 9.17) is 33.5 Å². The van der Waals surface area contributed by atoms with Crippen LogP contribution in [-0.4, -0.2) is 101 Å². The van der Waals surface area contributed by atoms with Gasteiger partial charge in [0.15, 0.2) is 10.8 Å². The molecule has 4 atom stereocenters. The zero-order valence-corrected chi connectivity index (χ0v) is 27.3. The normalized spacial score (nSPS) is 23.6. The summed E-state index contributed by atoms with van der Waals surface area (Å²) in [5.41, 5.74) is -2.64. The fourth-order valence-corrected chi connectivity index (χ4v) is 5.39. The summed E-state index contributed by atoms with van der Waals surface area (Å²) in [7, 11) is -1.09. The van der Waals surface area contributed by atoms with Crippen molar-refractivity contribution in [3.8, 4) is 0 Å². The molecule has 248 valence electrons. The highest BCUT2D eigenvalue weighted by Crippen LogP contribution is 2.56. The summed E-state index contributed by atoms with van der Waals surface area (Å²) in [5.74, 6) is -3.63. The molecule has 0 aromatic heterocycles. The lowest BCUT2D eigenvalue weighted by Crippen LogP contribution is -2.32. The lowest BCUT2D eigenvalue weighted by Gasteiger charge is -2.16. The highest BCUT2D eigenvalue weighted by molar-refractivity contribution is 7.54. The fourth-order valence-electron chi connectivity index (χ4n) is 3.80. The lowest BCUT2D eigenvalue weighted by atomic mass is 10.0. The molecule has 0 aromatic rings. The second-order valence-corrected chi connectivity index (χ2v) is 13.8. The number of aliphatic carboxylic acids is 1. The molecule has 2 fully saturated rings. The first-order valence-corrected chi connectivity index (χ1v) is 16.6. The van der Waals surface area contributed by atoms with E-state index in [-0.39, 0.29) is 50.6 Å². The third-order valence-corrected chi connectivity index (χ3v) is 10.4. The lowest BCUT2D eigenvalue weighted by molar-refractivity contribution is -0.165. The number of carboxylic acid groups (broad SMARTS) is 1. The first-order valence-electron chi connectivity index (χ1n) is 13.2. The molecule has 0 aromatic carbocycles. The van der Waals surface area contributed by atoms with Crippen LogP contribution in [-0.2, 0) is 60.6 Å². The van der Waals surface area contributed by atoms with E-state index in [1.807, 2.05) is 0 Å². The molecule has 0 aliphatic heterocycles. The molecule has 0 heterocycles. The molecule has 2 N–H and O–H groups in total. The topological polar surface area (TPSA) is 207 Å². The van der Waals surface area contributed by atoms with E-state index in [1.165, 1.54) is 40.6 Å². The Kier molecular flexibility index (Phi) is 17.4. The predicted molar refractivity (Wildman–Crippen MR) is 153 cm³/mol. The summed E-state index contributed by atoms with van der Waals surface area (Å²) in [4.78, 5) is 46.2. The number of hydrogen-bond acceptors (Lipinski definition) is 14. The maximum atomic E-state index is 12.1. The number of carboxylic acids is 1. The van der Waals surface area contributed by atoms with Crippen LogP contribution in [0, 0.1) is 22.7 Å². The summed E-state index contributed by atoms with van der Waals surface area (Å²) in [5, 5.41) is 17.2. The minimum Gasteiger partial charge on any atom is -0.480 e. The average molecular weight is 659 g/mol. The number of carbonyl (C=O) groups is 4. The first-order chi connectivity index (χ1) is 20.2. The first kappa shape index (κ1) is 40.6. The Bertz CT molecular complexity index is 1060. The van der Waals surface area contributed by atoms with Gasteiger partial charge in [-0.2, -0.15) is 0 Å². The van der Waals surface area contributed by atoms with Crippen LogP contribution in [0.4, 0.5) is 0 Å². The van der Waals surface area contributed by atoms with Crippen molar-refractivity contribution < 1.29 is 70.8 Å². The molecular weight excluding hydrogens is 614 g/mol. The highest BCUT2D eigenvalue weighted by atomic mass is 31.2. The maximum Gasteiger partial charge on any atom is 0.333 e. The van der Waals surface area contributed by atoms with Gasteiger partial charge in [0.05, 0.1) is 32.1 Å². The van der Waals surface area contributed by atoms with Crippen molar-refractivity contribution in [1.82, 2.24) is 0 Å². The Balaban J connectivity index is 0.000000682. The third-order valence-electron chi connectivity index (χ3n) is 6.71. The Labute approximate surface area is 251 Å². The van der Waals surface area contributed by atoms with Crippen molar-refractivity contribution in [1.29, 1.82) is 0 Å². The smallest absolute Gasteiger partial charge is 0.333 e. The Morgan fingerprint density at radius 3 is 1.42 bits per heavy atom. The van der Waals surface area contributed by atoms with Crippen LogP contribution in [0.1, 0.15) is 26.7 Å². The molecule has 43 heavy (non-hydrogen) atoms. The summed E-state index contributed by atoms with van der Waals surface area (Å²) < 4.78 is 55.9. The van der Waals surface area contributed by atoms with Crippen molar-refractivity contribution in [3.05, 3.63) is 25.3 Å². The number of ether oxygens (including phenoxy) is 3. The van der Waals surface area contributed by atoms with E-state index in [0.717, 1.165) is 0 Å². The van der Waals surface area contributed by atoms with Crippen molar-refractivity contribution >= 4 is 39.1 Å². The number of carbonyl (C=O) groups excluding carboxylic acids is 3. The van der Waals surface area contributed by atoms with Gasteiger partial charge in [0, 0.05) is 40.3 Å². The highest BCUT2D eigenvalue weighted by Gasteiger charge is 2.67. The molecule has 0 spiro atoms. The molecule has 4 unspecified atom stereocenters. The van der Waals surface area contributed by atoms with Crippen molar-refractivity contribution in [3.63, 3.8) is 0 Å². The van der Waals surface area contributed by atoms with E-state index >= 15 is 0 Å². The largest absolute Gasteiger partial charge is 0.480 e.